The summed E-state index contributed by atoms with van der Waals surface area (Å²) in [5.41, 5.74) is 2.31. The third kappa shape index (κ3) is 2.45. The molecule has 0 aromatic carbocycles. The average Bonchev–Trinajstić information content (AvgIpc) is 1.86. The molecular weight excluding hydrogens is 152 g/mol. The van der Waals surface area contributed by atoms with Crippen LogP contribution < -0.4 is 0 Å². The molecule has 0 saturated carbocycles. The molecule has 1 aliphatic heterocycles. The van der Waals surface area contributed by atoms with E-state index in [1.807, 2.05) is 0 Å². The van der Waals surface area contributed by atoms with Crippen LogP contribution in [0, 0.1) is 0 Å². The van der Waals surface area contributed by atoms with E-state index in [1.165, 1.54) is 18.9 Å². The molecule has 1 heterocycles. The number of hydrogen-bond donors (Lipinski definition) is 0. The SMILES string of the molecule is CC=C[Si]1(C)CCCC(C)O1. The van der Waals surface area contributed by atoms with E-state index in [4.69, 9.17) is 4.43 Å². The third-order valence-electron chi connectivity index (χ3n) is 2.27. The highest BCUT2D eigenvalue weighted by molar-refractivity contribution is 6.77. The number of allylic oxidation sites excluding steroid dienone is 1. The van der Waals surface area contributed by atoms with Gasteiger partial charge < -0.3 is 4.43 Å². The Morgan fingerprint density at radius 3 is 2.82 bits per heavy atom. The van der Waals surface area contributed by atoms with Crippen LogP contribution in [0.2, 0.25) is 12.6 Å². The van der Waals surface area contributed by atoms with E-state index in [0.29, 0.717) is 6.10 Å². The lowest BCUT2D eigenvalue weighted by atomic mass is 10.2. The summed E-state index contributed by atoms with van der Waals surface area (Å²) in [4.78, 5) is 0. The number of hydrogen-bond acceptors (Lipinski definition) is 1. The summed E-state index contributed by atoms with van der Waals surface area (Å²) in [6.45, 7) is 6.58. The highest BCUT2D eigenvalue weighted by atomic mass is 28.4. The quantitative estimate of drug-likeness (QED) is 0.550. The maximum Gasteiger partial charge on any atom is 0.214 e. The summed E-state index contributed by atoms with van der Waals surface area (Å²) in [6, 6.07) is 1.31. The first-order valence-electron chi connectivity index (χ1n) is 4.48. The van der Waals surface area contributed by atoms with Crippen molar-refractivity contribution < 1.29 is 4.43 Å². The molecule has 0 aromatic rings. The van der Waals surface area contributed by atoms with Crippen molar-refractivity contribution in [2.24, 2.45) is 0 Å². The summed E-state index contributed by atoms with van der Waals surface area (Å²) in [7, 11) is -1.38. The molecule has 1 aliphatic rings. The first-order valence-corrected chi connectivity index (χ1v) is 7.17. The molecule has 0 radical (unpaired) electrons. The second-order valence-electron chi connectivity index (χ2n) is 3.63. The second-order valence-corrected chi connectivity index (χ2v) is 7.33. The van der Waals surface area contributed by atoms with Gasteiger partial charge >= 0.3 is 0 Å². The van der Waals surface area contributed by atoms with Gasteiger partial charge in [-0.3, -0.25) is 0 Å². The van der Waals surface area contributed by atoms with Crippen LogP contribution in [0.5, 0.6) is 0 Å². The van der Waals surface area contributed by atoms with Gasteiger partial charge in [-0.2, -0.15) is 0 Å². The first-order chi connectivity index (χ1) is 5.16. The average molecular weight is 170 g/mol. The van der Waals surface area contributed by atoms with Gasteiger partial charge in [-0.15, -0.1) is 0 Å². The molecule has 0 amide bonds. The Balaban J connectivity index is 2.55. The lowest BCUT2D eigenvalue weighted by Crippen LogP contribution is -2.39. The smallest absolute Gasteiger partial charge is 0.214 e. The van der Waals surface area contributed by atoms with Gasteiger partial charge in [0, 0.05) is 6.10 Å². The van der Waals surface area contributed by atoms with Crippen LogP contribution in [-0.4, -0.2) is 14.4 Å². The van der Waals surface area contributed by atoms with E-state index in [2.05, 4.69) is 32.2 Å². The van der Waals surface area contributed by atoms with Gasteiger partial charge in [-0.05, 0) is 32.9 Å². The van der Waals surface area contributed by atoms with Crippen LogP contribution in [0.25, 0.3) is 0 Å². The van der Waals surface area contributed by atoms with Crippen molar-refractivity contribution in [2.75, 3.05) is 0 Å². The Hall–Kier alpha value is -0.0831. The molecule has 2 atom stereocenters. The molecule has 64 valence electrons. The van der Waals surface area contributed by atoms with Crippen molar-refractivity contribution in [1.29, 1.82) is 0 Å². The molecule has 1 rings (SSSR count). The van der Waals surface area contributed by atoms with Crippen LogP contribution >= 0.6 is 0 Å². The predicted molar refractivity (Wildman–Crippen MR) is 51.0 cm³/mol. The van der Waals surface area contributed by atoms with Gasteiger partial charge in [0.25, 0.3) is 0 Å². The predicted octanol–water partition coefficient (Wildman–Crippen LogP) is 2.88. The summed E-state index contributed by atoms with van der Waals surface area (Å²) < 4.78 is 5.97. The van der Waals surface area contributed by atoms with Gasteiger partial charge in [0.1, 0.15) is 0 Å². The highest BCUT2D eigenvalue weighted by Crippen LogP contribution is 2.26. The summed E-state index contributed by atoms with van der Waals surface area (Å²) in [5, 5.41) is 0. The van der Waals surface area contributed by atoms with E-state index in [-0.39, 0.29) is 0 Å². The van der Waals surface area contributed by atoms with E-state index < -0.39 is 8.32 Å². The molecule has 0 spiro atoms. The molecule has 1 saturated heterocycles. The van der Waals surface area contributed by atoms with Gasteiger partial charge in [0.05, 0.1) is 0 Å². The van der Waals surface area contributed by atoms with Crippen molar-refractivity contribution >= 4 is 8.32 Å². The van der Waals surface area contributed by atoms with Crippen molar-refractivity contribution in [3.05, 3.63) is 11.8 Å². The van der Waals surface area contributed by atoms with Gasteiger partial charge in [-0.25, -0.2) is 0 Å². The lowest BCUT2D eigenvalue weighted by molar-refractivity contribution is 0.182. The molecule has 0 N–H and O–H groups in total. The summed E-state index contributed by atoms with van der Waals surface area (Å²) >= 11 is 0. The van der Waals surface area contributed by atoms with Crippen molar-refractivity contribution in [1.82, 2.24) is 0 Å². The minimum atomic E-state index is -1.38. The Labute approximate surface area is 70.6 Å². The van der Waals surface area contributed by atoms with E-state index in [1.54, 1.807) is 0 Å². The van der Waals surface area contributed by atoms with Crippen molar-refractivity contribution in [3.63, 3.8) is 0 Å². The molecule has 2 unspecified atom stereocenters. The molecule has 0 bridgehead atoms. The van der Waals surface area contributed by atoms with Crippen molar-refractivity contribution in [3.8, 4) is 0 Å². The molecule has 0 aliphatic carbocycles. The highest BCUT2D eigenvalue weighted by Gasteiger charge is 2.31. The maximum absolute atomic E-state index is 5.97. The Morgan fingerprint density at radius 1 is 1.55 bits per heavy atom. The lowest BCUT2D eigenvalue weighted by Gasteiger charge is -2.33. The fourth-order valence-corrected chi connectivity index (χ4v) is 4.80. The summed E-state index contributed by atoms with van der Waals surface area (Å²) in [5.74, 6) is 0. The molecule has 1 nitrogen and oxygen atoms in total. The van der Waals surface area contributed by atoms with Gasteiger partial charge in [0.15, 0.2) is 0 Å². The monoisotopic (exact) mass is 170 g/mol. The maximum atomic E-state index is 5.97. The van der Waals surface area contributed by atoms with Crippen molar-refractivity contribution in [2.45, 2.75) is 45.4 Å². The van der Waals surface area contributed by atoms with Gasteiger partial charge in [-0.1, -0.05) is 18.2 Å². The normalized spacial score (nSPS) is 39.7. The standard InChI is InChI=1S/C9H18OSi/c1-4-7-11(3)8-5-6-9(2)10-11/h4,7,9H,5-6,8H2,1-3H3. The van der Waals surface area contributed by atoms with E-state index in [9.17, 15) is 0 Å². The van der Waals surface area contributed by atoms with Crippen LogP contribution in [0.3, 0.4) is 0 Å². The minimum absolute atomic E-state index is 0.497. The van der Waals surface area contributed by atoms with E-state index in [0.717, 1.165) is 0 Å². The Kier molecular flexibility index (Phi) is 2.90. The molecule has 1 fully saturated rings. The molecule has 2 heteroatoms. The minimum Gasteiger partial charge on any atom is -0.411 e. The summed E-state index contributed by atoms with van der Waals surface area (Å²) in [6.07, 6.45) is 5.25. The van der Waals surface area contributed by atoms with Crippen LogP contribution in [0.15, 0.2) is 11.8 Å². The fourth-order valence-electron chi connectivity index (χ4n) is 1.79. The zero-order chi connectivity index (χ0) is 8.32. The number of rotatable bonds is 1. The van der Waals surface area contributed by atoms with Crippen LogP contribution in [0.1, 0.15) is 26.7 Å². The fraction of sp³-hybridized carbons (Fsp3) is 0.778. The molecule has 0 aromatic heterocycles. The molecule has 11 heavy (non-hydrogen) atoms. The van der Waals surface area contributed by atoms with Crippen LogP contribution in [0.4, 0.5) is 0 Å². The largest absolute Gasteiger partial charge is 0.411 e. The zero-order valence-corrected chi connectivity index (χ0v) is 8.76. The Bertz CT molecular complexity index is 156. The van der Waals surface area contributed by atoms with Gasteiger partial charge in [0.2, 0.25) is 8.32 Å². The van der Waals surface area contributed by atoms with E-state index >= 15 is 0 Å². The second kappa shape index (κ2) is 3.54. The first kappa shape index (κ1) is 9.01. The molecular formula is C9H18OSi. The third-order valence-corrected chi connectivity index (χ3v) is 5.60. The van der Waals surface area contributed by atoms with Crippen LogP contribution in [-0.2, 0) is 4.43 Å². The Morgan fingerprint density at radius 2 is 2.27 bits per heavy atom. The topological polar surface area (TPSA) is 9.23 Å². The zero-order valence-electron chi connectivity index (χ0n) is 7.76.